The highest BCUT2D eigenvalue weighted by Crippen LogP contribution is 2.22. The van der Waals surface area contributed by atoms with E-state index in [-0.39, 0.29) is 11.9 Å². The van der Waals surface area contributed by atoms with Crippen molar-refractivity contribution in [1.29, 1.82) is 0 Å². The van der Waals surface area contributed by atoms with Crippen LogP contribution in [0.1, 0.15) is 40.0 Å². The van der Waals surface area contributed by atoms with E-state index in [0.717, 1.165) is 16.0 Å². The number of carbonyl (C=O) groups excluding carboxylic acids is 1. The molecule has 0 unspecified atom stereocenters. The van der Waals surface area contributed by atoms with Crippen LogP contribution in [0.4, 0.5) is 0 Å². The van der Waals surface area contributed by atoms with Crippen molar-refractivity contribution in [3.63, 3.8) is 0 Å². The number of nitrogens with one attached hydrogen (secondary N) is 1. The van der Waals surface area contributed by atoms with Crippen LogP contribution in [0.15, 0.2) is 47.4 Å². The Bertz CT molecular complexity index is 651. The molecule has 2 aromatic carbocycles. The minimum Gasteiger partial charge on any atom is -0.345 e. The molecule has 2 nitrogen and oxygen atoms in total. The van der Waals surface area contributed by atoms with Crippen molar-refractivity contribution in [3.05, 3.63) is 64.7 Å². The van der Waals surface area contributed by atoms with E-state index in [0.29, 0.717) is 0 Å². The van der Waals surface area contributed by atoms with E-state index in [9.17, 15) is 4.79 Å². The maximum absolute atomic E-state index is 12.4. The molecule has 0 radical (unpaired) electrons. The van der Waals surface area contributed by atoms with Crippen LogP contribution in [0.25, 0.3) is 0 Å². The number of thioether (sulfide) groups is 1. The van der Waals surface area contributed by atoms with Gasteiger partial charge in [-0.25, -0.2) is 0 Å². The molecule has 21 heavy (non-hydrogen) atoms. The number of amides is 1. The SMILES string of the molecule is CSc1ccccc1C(=O)N[C@H](C)c1ccc(C)c(C)c1. The van der Waals surface area contributed by atoms with Gasteiger partial charge in [0.15, 0.2) is 0 Å². The summed E-state index contributed by atoms with van der Waals surface area (Å²) in [6, 6.07) is 14.0. The minimum absolute atomic E-state index is 0.00767. The lowest BCUT2D eigenvalue weighted by Gasteiger charge is -2.16. The molecule has 0 aliphatic rings. The lowest BCUT2D eigenvalue weighted by atomic mass is 10.0. The van der Waals surface area contributed by atoms with Crippen LogP contribution < -0.4 is 5.32 Å². The van der Waals surface area contributed by atoms with Gasteiger partial charge in [0.2, 0.25) is 0 Å². The molecule has 0 heterocycles. The first-order valence-electron chi connectivity index (χ1n) is 7.04. The van der Waals surface area contributed by atoms with Crippen molar-refractivity contribution in [2.24, 2.45) is 0 Å². The van der Waals surface area contributed by atoms with Gasteiger partial charge in [0, 0.05) is 4.90 Å². The Morgan fingerprint density at radius 2 is 1.81 bits per heavy atom. The molecular formula is C18H21NOS. The fourth-order valence-electron chi connectivity index (χ4n) is 2.22. The van der Waals surface area contributed by atoms with Crippen molar-refractivity contribution in [2.75, 3.05) is 6.26 Å². The zero-order valence-electron chi connectivity index (χ0n) is 12.9. The first-order chi connectivity index (χ1) is 10.0. The third-order valence-electron chi connectivity index (χ3n) is 3.73. The molecule has 0 aliphatic carbocycles. The van der Waals surface area contributed by atoms with Crippen molar-refractivity contribution in [3.8, 4) is 0 Å². The maximum atomic E-state index is 12.4. The number of hydrogen-bond donors (Lipinski definition) is 1. The van der Waals surface area contributed by atoms with Crippen LogP contribution in [0, 0.1) is 13.8 Å². The van der Waals surface area contributed by atoms with Crippen LogP contribution in [-0.4, -0.2) is 12.2 Å². The van der Waals surface area contributed by atoms with E-state index in [4.69, 9.17) is 0 Å². The highest BCUT2D eigenvalue weighted by atomic mass is 32.2. The maximum Gasteiger partial charge on any atom is 0.252 e. The molecule has 0 fully saturated rings. The number of aryl methyl sites for hydroxylation is 2. The summed E-state index contributed by atoms with van der Waals surface area (Å²) in [5, 5.41) is 3.08. The van der Waals surface area contributed by atoms with Crippen LogP contribution in [0.3, 0.4) is 0 Å². The highest BCUT2D eigenvalue weighted by Gasteiger charge is 2.14. The summed E-state index contributed by atoms with van der Waals surface area (Å²) < 4.78 is 0. The summed E-state index contributed by atoms with van der Waals surface area (Å²) in [5.41, 5.74) is 4.39. The second kappa shape index (κ2) is 6.81. The van der Waals surface area contributed by atoms with E-state index in [1.54, 1.807) is 11.8 Å². The zero-order chi connectivity index (χ0) is 15.4. The highest BCUT2D eigenvalue weighted by molar-refractivity contribution is 7.98. The third kappa shape index (κ3) is 3.67. The lowest BCUT2D eigenvalue weighted by molar-refractivity contribution is 0.0937. The van der Waals surface area contributed by atoms with E-state index in [2.05, 4.69) is 37.4 Å². The van der Waals surface area contributed by atoms with Crippen LogP contribution in [0.2, 0.25) is 0 Å². The lowest BCUT2D eigenvalue weighted by Crippen LogP contribution is -2.27. The Balaban J connectivity index is 2.16. The number of rotatable bonds is 4. The Labute approximate surface area is 131 Å². The Morgan fingerprint density at radius 1 is 1.10 bits per heavy atom. The second-order valence-corrected chi connectivity index (χ2v) is 6.09. The number of carbonyl (C=O) groups is 1. The van der Waals surface area contributed by atoms with Gasteiger partial charge in [-0.2, -0.15) is 0 Å². The van der Waals surface area contributed by atoms with Crippen molar-refractivity contribution >= 4 is 17.7 Å². The van der Waals surface area contributed by atoms with Gasteiger partial charge in [0.25, 0.3) is 5.91 Å². The van der Waals surface area contributed by atoms with Gasteiger partial charge >= 0.3 is 0 Å². The van der Waals surface area contributed by atoms with Gasteiger partial charge in [-0.15, -0.1) is 11.8 Å². The Hall–Kier alpha value is -1.74. The molecule has 0 spiro atoms. The average Bonchev–Trinajstić information content (AvgIpc) is 2.49. The molecule has 0 saturated carbocycles. The molecule has 110 valence electrons. The first-order valence-corrected chi connectivity index (χ1v) is 8.26. The van der Waals surface area contributed by atoms with Crippen molar-refractivity contribution < 1.29 is 4.79 Å². The van der Waals surface area contributed by atoms with Crippen LogP contribution in [0.5, 0.6) is 0 Å². The van der Waals surface area contributed by atoms with E-state index in [1.165, 1.54) is 11.1 Å². The topological polar surface area (TPSA) is 29.1 Å². The smallest absolute Gasteiger partial charge is 0.252 e. The number of benzene rings is 2. The summed E-state index contributed by atoms with van der Waals surface area (Å²) in [6.45, 7) is 6.21. The largest absolute Gasteiger partial charge is 0.345 e. The van der Waals surface area contributed by atoms with Gasteiger partial charge in [0.1, 0.15) is 0 Å². The van der Waals surface area contributed by atoms with E-state index in [1.807, 2.05) is 37.4 Å². The van der Waals surface area contributed by atoms with Gasteiger partial charge < -0.3 is 5.32 Å². The Morgan fingerprint density at radius 3 is 2.48 bits per heavy atom. The van der Waals surface area contributed by atoms with Crippen molar-refractivity contribution in [1.82, 2.24) is 5.32 Å². The Kier molecular flexibility index (Phi) is 5.07. The van der Waals surface area contributed by atoms with E-state index >= 15 is 0 Å². The summed E-state index contributed by atoms with van der Waals surface area (Å²) in [6.07, 6.45) is 1.98. The molecule has 0 saturated heterocycles. The molecule has 0 bridgehead atoms. The predicted molar refractivity (Wildman–Crippen MR) is 90.0 cm³/mol. The zero-order valence-corrected chi connectivity index (χ0v) is 13.8. The number of hydrogen-bond acceptors (Lipinski definition) is 2. The van der Waals surface area contributed by atoms with Crippen LogP contribution >= 0.6 is 11.8 Å². The molecule has 1 N–H and O–H groups in total. The molecule has 0 aliphatic heterocycles. The quantitative estimate of drug-likeness (QED) is 0.841. The molecule has 1 atom stereocenters. The first kappa shape index (κ1) is 15.6. The molecule has 3 heteroatoms. The van der Waals surface area contributed by atoms with Crippen LogP contribution in [-0.2, 0) is 0 Å². The summed E-state index contributed by atoms with van der Waals surface area (Å²) in [7, 11) is 0. The summed E-state index contributed by atoms with van der Waals surface area (Å²) >= 11 is 1.59. The summed E-state index contributed by atoms with van der Waals surface area (Å²) in [4.78, 5) is 13.4. The monoisotopic (exact) mass is 299 g/mol. The standard InChI is InChI=1S/C18H21NOS/c1-12-9-10-15(11-13(12)2)14(3)19-18(20)16-7-5-6-8-17(16)21-4/h5-11,14H,1-4H3,(H,19,20)/t14-/m1/s1. The third-order valence-corrected chi connectivity index (χ3v) is 4.53. The molecule has 2 rings (SSSR count). The molecule has 0 aromatic heterocycles. The van der Waals surface area contributed by atoms with Gasteiger partial charge in [0.05, 0.1) is 11.6 Å². The van der Waals surface area contributed by atoms with Gasteiger partial charge in [-0.05, 0) is 55.9 Å². The van der Waals surface area contributed by atoms with Gasteiger partial charge in [-0.3, -0.25) is 4.79 Å². The fraction of sp³-hybridized carbons (Fsp3) is 0.278. The van der Waals surface area contributed by atoms with Gasteiger partial charge in [-0.1, -0.05) is 30.3 Å². The predicted octanol–water partition coefficient (Wildman–Crippen LogP) is 4.52. The minimum atomic E-state index is -0.0225. The summed E-state index contributed by atoms with van der Waals surface area (Å²) in [5.74, 6) is -0.0225. The van der Waals surface area contributed by atoms with E-state index < -0.39 is 0 Å². The molecule has 2 aromatic rings. The second-order valence-electron chi connectivity index (χ2n) is 5.24. The normalized spacial score (nSPS) is 12.0. The molecular weight excluding hydrogens is 278 g/mol. The molecule has 1 amide bonds. The van der Waals surface area contributed by atoms with Crippen molar-refractivity contribution in [2.45, 2.75) is 31.7 Å². The average molecular weight is 299 g/mol. The fourth-order valence-corrected chi connectivity index (χ4v) is 2.82.